The Balaban J connectivity index is 2.84. The average molecular weight is 165 g/mol. The highest BCUT2D eigenvalue weighted by Gasteiger charge is 2.03. The average Bonchev–Trinajstić information content (AvgIpc) is 2.17. The Bertz CT molecular complexity index is 264. The molecule has 1 aromatic carbocycles. The van der Waals surface area contributed by atoms with Crippen molar-refractivity contribution in [2.75, 3.05) is 0 Å². The molecular formula is C9H9O3. The fourth-order valence-corrected chi connectivity index (χ4v) is 0.830. The van der Waals surface area contributed by atoms with Crippen LogP contribution < -0.4 is 0 Å². The lowest BCUT2D eigenvalue weighted by Crippen LogP contribution is -1.99. The molecule has 0 spiro atoms. The monoisotopic (exact) mass is 165 g/mol. The Morgan fingerprint density at radius 1 is 1.42 bits per heavy atom. The SMILES string of the molecule is [CH2]OC(=O)c1ccc(CO)cc1. The van der Waals surface area contributed by atoms with Crippen LogP contribution >= 0.6 is 0 Å². The first kappa shape index (κ1) is 8.74. The van der Waals surface area contributed by atoms with Gasteiger partial charge in [0, 0.05) is 0 Å². The van der Waals surface area contributed by atoms with Crippen LogP contribution in [0.1, 0.15) is 15.9 Å². The van der Waals surface area contributed by atoms with Crippen LogP contribution in [0.4, 0.5) is 0 Å². The molecule has 0 saturated carbocycles. The van der Waals surface area contributed by atoms with Crippen LogP contribution in [0.5, 0.6) is 0 Å². The van der Waals surface area contributed by atoms with E-state index in [9.17, 15) is 4.79 Å². The molecule has 0 aliphatic heterocycles. The lowest BCUT2D eigenvalue weighted by Gasteiger charge is -1.99. The fraction of sp³-hybridized carbons (Fsp3) is 0.111. The quantitative estimate of drug-likeness (QED) is 0.668. The molecule has 3 nitrogen and oxygen atoms in total. The Labute approximate surface area is 70.6 Å². The van der Waals surface area contributed by atoms with Crippen molar-refractivity contribution in [2.45, 2.75) is 6.61 Å². The lowest BCUT2D eigenvalue weighted by atomic mass is 10.1. The summed E-state index contributed by atoms with van der Waals surface area (Å²) in [6.45, 7) is -0.0281. The summed E-state index contributed by atoms with van der Waals surface area (Å²) >= 11 is 0. The molecule has 0 amide bonds. The van der Waals surface area contributed by atoms with E-state index in [-0.39, 0.29) is 6.61 Å². The molecule has 0 saturated heterocycles. The van der Waals surface area contributed by atoms with E-state index in [2.05, 4.69) is 11.8 Å². The number of esters is 1. The zero-order valence-electron chi connectivity index (χ0n) is 6.49. The maximum Gasteiger partial charge on any atom is 0.338 e. The summed E-state index contributed by atoms with van der Waals surface area (Å²) in [5, 5.41) is 8.70. The first-order valence-electron chi connectivity index (χ1n) is 3.44. The summed E-state index contributed by atoms with van der Waals surface area (Å²) in [7, 11) is 3.01. The molecule has 0 unspecified atom stereocenters. The highest BCUT2D eigenvalue weighted by atomic mass is 16.5. The van der Waals surface area contributed by atoms with Gasteiger partial charge in [-0.25, -0.2) is 4.79 Å². The predicted molar refractivity (Wildman–Crippen MR) is 43.1 cm³/mol. The number of ether oxygens (including phenoxy) is 1. The van der Waals surface area contributed by atoms with Crippen molar-refractivity contribution in [3.63, 3.8) is 0 Å². The predicted octanol–water partition coefficient (Wildman–Crippen LogP) is 1.13. The molecule has 0 atom stereocenters. The Morgan fingerprint density at radius 2 is 2.00 bits per heavy atom. The minimum atomic E-state index is -0.473. The maximum absolute atomic E-state index is 10.9. The maximum atomic E-state index is 10.9. The van der Waals surface area contributed by atoms with Crippen molar-refractivity contribution in [3.8, 4) is 0 Å². The third-order valence-corrected chi connectivity index (χ3v) is 1.50. The van der Waals surface area contributed by atoms with Gasteiger partial charge in [-0.2, -0.15) is 0 Å². The minimum Gasteiger partial charge on any atom is -0.458 e. The van der Waals surface area contributed by atoms with Crippen molar-refractivity contribution in [1.29, 1.82) is 0 Å². The molecule has 0 aliphatic carbocycles. The first-order valence-corrected chi connectivity index (χ1v) is 3.44. The number of hydrogen-bond acceptors (Lipinski definition) is 3. The summed E-state index contributed by atoms with van der Waals surface area (Å²) in [6, 6.07) is 6.48. The first-order chi connectivity index (χ1) is 5.77. The third-order valence-electron chi connectivity index (χ3n) is 1.50. The number of carbonyl (C=O) groups is 1. The molecule has 1 rings (SSSR count). The number of hydrogen-bond donors (Lipinski definition) is 1. The van der Waals surface area contributed by atoms with E-state index in [4.69, 9.17) is 5.11 Å². The summed E-state index contributed by atoms with van der Waals surface area (Å²) in [5.74, 6) is -0.473. The summed E-state index contributed by atoms with van der Waals surface area (Å²) < 4.78 is 4.26. The van der Waals surface area contributed by atoms with E-state index in [0.29, 0.717) is 5.56 Å². The van der Waals surface area contributed by atoms with E-state index in [1.54, 1.807) is 24.3 Å². The second-order valence-corrected chi connectivity index (χ2v) is 2.29. The zero-order chi connectivity index (χ0) is 8.97. The molecule has 1 aromatic rings. The molecule has 0 aromatic heterocycles. The van der Waals surface area contributed by atoms with Gasteiger partial charge in [0.2, 0.25) is 0 Å². The highest BCUT2D eigenvalue weighted by Crippen LogP contribution is 2.05. The number of aliphatic hydroxyl groups excluding tert-OH is 1. The summed E-state index contributed by atoms with van der Waals surface area (Å²) in [6.07, 6.45) is 0. The molecule has 12 heavy (non-hydrogen) atoms. The fourth-order valence-electron chi connectivity index (χ4n) is 0.830. The van der Waals surface area contributed by atoms with Crippen LogP contribution in [-0.4, -0.2) is 11.1 Å². The van der Waals surface area contributed by atoms with Gasteiger partial charge in [0.25, 0.3) is 0 Å². The molecule has 0 fully saturated rings. The van der Waals surface area contributed by atoms with Crippen molar-refractivity contribution >= 4 is 5.97 Å². The van der Waals surface area contributed by atoms with Gasteiger partial charge in [-0.3, -0.25) is 0 Å². The third kappa shape index (κ3) is 1.83. The van der Waals surface area contributed by atoms with Crippen LogP contribution in [0.25, 0.3) is 0 Å². The molecular weight excluding hydrogens is 156 g/mol. The van der Waals surface area contributed by atoms with E-state index < -0.39 is 5.97 Å². The number of carbonyl (C=O) groups excluding carboxylic acids is 1. The second-order valence-electron chi connectivity index (χ2n) is 2.29. The second kappa shape index (κ2) is 3.88. The molecule has 0 heterocycles. The highest BCUT2D eigenvalue weighted by molar-refractivity contribution is 5.89. The largest absolute Gasteiger partial charge is 0.458 e. The standard InChI is InChI=1S/C9H9O3/c1-12-9(11)8-4-2-7(6-10)3-5-8/h2-5,10H,1,6H2. The normalized spacial score (nSPS) is 9.50. The zero-order valence-corrected chi connectivity index (χ0v) is 6.49. The topological polar surface area (TPSA) is 46.5 Å². The Hall–Kier alpha value is -1.35. The van der Waals surface area contributed by atoms with Gasteiger partial charge in [-0.15, -0.1) is 0 Å². The molecule has 1 N–H and O–H groups in total. The van der Waals surface area contributed by atoms with Crippen LogP contribution in [0, 0.1) is 7.11 Å². The van der Waals surface area contributed by atoms with Gasteiger partial charge < -0.3 is 9.84 Å². The van der Waals surface area contributed by atoms with Crippen LogP contribution in [0.2, 0.25) is 0 Å². The van der Waals surface area contributed by atoms with E-state index in [0.717, 1.165) is 5.56 Å². The van der Waals surface area contributed by atoms with Gasteiger partial charge >= 0.3 is 5.97 Å². The minimum absolute atomic E-state index is 0.0281. The Morgan fingerprint density at radius 3 is 2.42 bits per heavy atom. The lowest BCUT2D eigenvalue weighted by molar-refractivity contribution is 0.0654. The van der Waals surface area contributed by atoms with Gasteiger partial charge in [-0.05, 0) is 17.7 Å². The van der Waals surface area contributed by atoms with Crippen molar-refractivity contribution < 1.29 is 14.6 Å². The van der Waals surface area contributed by atoms with Crippen LogP contribution in [0.15, 0.2) is 24.3 Å². The molecule has 3 heteroatoms. The van der Waals surface area contributed by atoms with Crippen molar-refractivity contribution in [3.05, 3.63) is 42.5 Å². The van der Waals surface area contributed by atoms with E-state index in [1.807, 2.05) is 0 Å². The number of rotatable bonds is 2. The summed E-state index contributed by atoms with van der Waals surface area (Å²) in [5.41, 5.74) is 1.19. The van der Waals surface area contributed by atoms with E-state index in [1.165, 1.54) is 0 Å². The van der Waals surface area contributed by atoms with Gasteiger partial charge in [-0.1, -0.05) is 12.1 Å². The molecule has 0 aliphatic rings. The van der Waals surface area contributed by atoms with Crippen molar-refractivity contribution in [2.24, 2.45) is 0 Å². The van der Waals surface area contributed by atoms with Gasteiger partial charge in [0.15, 0.2) is 0 Å². The van der Waals surface area contributed by atoms with Crippen LogP contribution in [-0.2, 0) is 11.3 Å². The van der Waals surface area contributed by atoms with Gasteiger partial charge in [0.05, 0.1) is 12.2 Å². The number of aliphatic hydroxyl groups is 1. The molecule has 63 valence electrons. The summed E-state index contributed by atoms with van der Waals surface area (Å²) in [4.78, 5) is 10.9. The smallest absolute Gasteiger partial charge is 0.338 e. The Kier molecular flexibility index (Phi) is 2.82. The van der Waals surface area contributed by atoms with Gasteiger partial charge in [0.1, 0.15) is 7.11 Å². The van der Waals surface area contributed by atoms with Crippen molar-refractivity contribution in [1.82, 2.24) is 0 Å². The number of benzene rings is 1. The van der Waals surface area contributed by atoms with E-state index >= 15 is 0 Å². The van der Waals surface area contributed by atoms with Crippen LogP contribution in [0.3, 0.4) is 0 Å². The molecule has 0 bridgehead atoms. The molecule has 1 radical (unpaired) electrons.